The molecule has 0 spiro atoms. The Bertz CT molecular complexity index is 407. The number of nitrogens with two attached hydrogens (primary N) is 1. The van der Waals surface area contributed by atoms with Gasteiger partial charge in [-0.15, -0.1) is 0 Å². The van der Waals surface area contributed by atoms with Gasteiger partial charge < -0.3 is 21.3 Å². The van der Waals surface area contributed by atoms with Crippen LogP contribution < -0.4 is 11.1 Å². The summed E-state index contributed by atoms with van der Waals surface area (Å²) in [6.45, 7) is -0.701. The lowest BCUT2D eigenvalue weighted by Crippen LogP contribution is -2.43. The molecule has 0 fully saturated rings. The van der Waals surface area contributed by atoms with E-state index in [0.717, 1.165) is 0 Å². The van der Waals surface area contributed by atoms with Crippen LogP contribution in [-0.4, -0.2) is 39.7 Å². The topological polar surface area (TPSA) is 126 Å². The van der Waals surface area contributed by atoms with Crippen LogP contribution in [-0.2, 0) is 4.79 Å². The van der Waals surface area contributed by atoms with Crippen LogP contribution in [0.1, 0.15) is 10.5 Å². The molecule has 1 rings (SSSR count). The summed E-state index contributed by atoms with van der Waals surface area (Å²) < 4.78 is 0. The Hall–Kier alpha value is -2.15. The van der Waals surface area contributed by atoms with Crippen LogP contribution in [0.25, 0.3) is 0 Å². The molecule has 0 aliphatic rings. The number of amides is 1. The molecule has 0 radical (unpaired) electrons. The Morgan fingerprint density at radius 1 is 1.56 bits per heavy atom. The smallest absolute Gasteiger partial charge is 0.328 e. The summed E-state index contributed by atoms with van der Waals surface area (Å²) in [5.41, 5.74) is 5.55. The summed E-state index contributed by atoms with van der Waals surface area (Å²) in [6.07, 6.45) is 1.36. The molecule has 1 atom stereocenters. The van der Waals surface area contributed by atoms with Crippen LogP contribution in [0.4, 0.5) is 5.69 Å². The number of pyridine rings is 1. The minimum atomic E-state index is -1.37. The lowest BCUT2D eigenvalue weighted by molar-refractivity contribution is -0.140. The molecule has 1 aromatic heterocycles. The van der Waals surface area contributed by atoms with Gasteiger partial charge >= 0.3 is 5.97 Å². The zero-order chi connectivity index (χ0) is 12.1. The second-order valence-corrected chi connectivity index (χ2v) is 2.99. The molecule has 0 aliphatic heterocycles. The highest BCUT2D eigenvalue weighted by atomic mass is 16.4. The molecule has 5 N–H and O–H groups in total. The number of carboxylic acid groups (broad SMARTS) is 1. The van der Waals surface area contributed by atoms with Crippen molar-refractivity contribution in [3.63, 3.8) is 0 Å². The lowest BCUT2D eigenvalue weighted by atomic mass is 10.2. The lowest BCUT2D eigenvalue weighted by Gasteiger charge is -2.11. The normalized spacial score (nSPS) is 11.8. The first-order valence-corrected chi connectivity index (χ1v) is 4.41. The molecule has 0 saturated carbocycles. The molecule has 16 heavy (non-hydrogen) atoms. The molecular formula is C9H11N3O4. The van der Waals surface area contributed by atoms with Gasteiger partial charge in [0.05, 0.1) is 12.3 Å². The highest BCUT2D eigenvalue weighted by molar-refractivity contribution is 5.98. The number of carboxylic acids is 1. The molecule has 1 aromatic rings. The Labute approximate surface area is 90.9 Å². The molecule has 0 bridgehead atoms. The van der Waals surface area contributed by atoms with Gasteiger partial charge in [0.2, 0.25) is 0 Å². The molecule has 86 valence electrons. The second kappa shape index (κ2) is 5.08. The summed E-state index contributed by atoms with van der Waals surface area (Å²) in [7, 11) is 0. The molecule has 7 nitrogen and oxygen atoms in total. The van der Waals surface area contributed by atoms with E-state index in [4.69, 9.17) is 15.9 Å². The molecule has 0 aliphatic carbocycles. The Morgan fingerprint density at radius 2 is 2.25 bits per heavy atom. The van der Waals surface area contributed by atoms with Crippen LogP contribution in [0, 0.1) is 0 Å². The minimum absolute atomic E-state index is 0.0674. The Morgan fingerprint density at radius 3 is 2.75 bits per heavy atom. The number of nitrogens with zero attached hydrogens (tertiary/aromatic N) is 1. The number of hydrogen-bond donors (Lipinski definition) is 4. The van der Waals surface area contributed by atoms with E-state index in [1.165, 1.54) is 12.3 Å². The fourth-order valence-corrected chi connectivity index (χ4v) is 1.02. The van der Waals surface area contributed by atoms with Crippen molar-refractivity contribution < 1.29 is 19.8 Å². The van der Waals surface area contributed by atoms with Crippen LogP contribution in [0.15, 0.2) is 18.3 Å². The van der Waals surface area contributed by atoms with Gasteiger partial charge in [0.1, 0.15) is 0 Å². The molecular weight excluding hydrogens is 214 g/mol. The summed E-state index contributed by atoms with van der Waals surface area (Å²) in [5.74, 6) is -2.06. The first kappa shape index (κ1) is 11.9. The van der Waals surface area contributed by atoms with Crippen molar-refractivity contribution in [1.82, 2.24) is 10.3 Å². The van der Waals surface area contributed by atoms with E-state index in [2.05, 4.69) is 10.3 Å². The van der Waals surface area contributed by atoms with E-state index in [0.29, 0.717) is 0 Å². The number of nitrogen functional groups attached to an aromatic ring is 1. The molecule has 0 aromatic carbocycles. The van der Waals surface area contributed by atoms with Crippen LogP contribution in [0.3, 0.4) is 0 Å². The second-order valence-electron chi connectivity index (χ2n) is 2.99. The van der Waals surface area contributed by atoms with E-state index in [9.17, 15) is 9.59 Å². The molecule has 7 heteroatoms. The predicted molar refractivity (Wildman–Crippen MR) is 54.6 cm³/mol. The summed E-state index contributed by atoms with van der Waals surface area (Å²) >= 11 is 0. The number of hydrogen-bond acceptors (Lipinski definition) is 5. The van der Waals surface area contributed by atoms with Crippen molar-refractivity contribution in [3.05, 3.63) is 24.0 Å². The van der Waals surface area contributed by atoms with Crippen LogP contribution in [0.2, 0.25) is 0 Å². The largest absolute Gasteiger partial charge is 0.480 e. The van der Waals surface area contributed by atoms with E-state index in [1.54, 1.807) is 6.07 Å². The summed E-state index contributed by atoms with van der Waals surface area (Å²) in [4.78, 5) is 25.8. The van der Waals surface area contributed by atoms with Gasteiger partial charge in [0, 0.05) is 6.20 Å². The first-order chi connectivity index (χ1) is 7.56. The van der Waals surface area contributed by atoms with Crippen LogP contribution in [0.5, 0.6) is 0 Å². The molecule has 0 unspecified atom stereocenters. The quantitative estimate of drug-likeness (QED) is 0.512. The highest BCUT2D eigenvalue weighted by Gasteiger charge is 2.21. The fraction of sp³-hybridized carbons (Fsp3) is 0.222. The number of nitrogens with one attached hydrogen (secondary N) is 1. The van der Waals surface area contributed by atoms with Crippen molar-refractivity contribution in [2.75, 3.05) is 12.3 Å². The maximum Gasteiger partial charge on any atom is 0.328 e. The number of aliphatic hydroxyl groups is 1. The Balaban J connectivity index is 2.80. The van der Waals surface area contributed by atoms with Gasteiger partial charge in [-0.25, -0.2) is 9.78 Å². The van der Waals surface area contributed by atoms with Gasteiger partial charge in [0.25, 0.3) is 5.91 Å². The fourth-order valence-electron chi connectivity index (χ4n) is 1.02. The maximum atomic E-state index is 11.5. The number of aliphatic carboxylic acids is 1. The molecule has 0 saturated heterocycles. The predicted octanol–water partition coefficient (Wildman–Crippen LogP) is -1.16. The van der Waals surface area contributed by atoms with E-state index in [-0.39, 0.29) is 11.4 Å². The third-order valence-corrected chi connectivity index (χ3v) is 1.84. The maximum absolute atomic E-state index is 11.5. The van der Waals surface area contributed by atoms with Gasteiger partial charge in [-0.2, -0.15) is 0 Å². The van der Waals surface area contributed by atoms with Crippen molar-refractivity contribution in [3.8, 4) is 0 Å². The molecule has 1 heterocycles. The zero-order valence-electron chi connectivity index (χ0n) is 8.25. The number of rotatable bonds is 4. The van der Waals surface area contributed by atoms with Gasteiger partial charge in [-0.3, -0.25) is 4.79 Å². The number of anilines is 1. The van der Waals surface area contributed by atoms with Crippen molar-refractivity contribution in [2.24, 2.45) is 0 Å². The van der Waals surface area contributed by atoms with Crippen LogP contribution >= 0.6 is 0 Å². The summed E-state index contributed by atoms with van der Waals surface area (Å²) in [5, 5.41) is 19.4. The zero-order valence-corrected chi connectivity index (χ0v) is 8.25. The van der Waals surface area contributed by atoms with Gasteiger partial charge in [0.15, 0.2) is 11.7 Å². The third kappa shape index (κ3) is 2.67. The van der Waals surface area contributed by atoms with Crippen molar-refractivity contribution in [1.29, 1.82) is 0 Å². The SMILES string of the molecule is Nc1cccnc1C(=O)N[C@H](CO)C(=O)O. The number of aromatic nitrogens is 1. The van der Waals surface area contributed by atoms with Crippen molar-refractivity contribution >= 4 is 17.6 Å². The average Bonchev–Trinajstić information content (AvgIpc) is 2.25. The average molecular weight is 225 g/mol. The van der Waals surface area contributed by atoms with Gasteiger partial charge in [-0.1, -0.05) is 0 Å². The first-order valence-electron chi connectivity index (χ1n) is 4.41. The highest BCUT2D eigenvalue weighted by Crippen LogP contribution is 2.06. The van der Waals surface area contributed by atoms with E-state index < -0.39 is 24.5 Å². The van der Waals surface area contributed by atoms with E-state index >= 15 is 0 Å². The van der Waals surface area contributed by atoms with Gasteiger partial charge in [-0.05, 0) is 12.1 Å². The monoisotopic (exact) mass is 225 g/mol. The number of carbonyl (C=O) groups is 2. The Kier molecular flexibility index (Phi) is 3.78. The number of aliphatic hydroxyl groups excluding tert-OH is 1. The molecule has 1 amide bonds. The standard InChI is InChI=1S/C9H11N3O4/c10-5-2-1-3-11-7(5)8(14)12-6(4-13)9(15)16/h1-3,6,13H,4,10H2,(H,12,14)(H,15,16)/t6-/m1/s1. The van der Waals surface area contributed by atoms with E-state index in [1.807, 2.05) is 0 Å². The number of carbonyl (C=O) groups excluding carboxylic acids is 1. The third-order valence-electron chi connectivity index (χ3n) is 1.84. The summed E-state index contributed by atoms with van der Waals surface area (Å²) in [6, 6.07) is 1.65. The van der Waals surface area contributed by atoms with Crippen molar-refractivity contribution in [2.45, 2.75) is 6.04 Å². The minimum Gasteiger partial charge on any atom is -0.480 e.